The van der Waals surface area contributed by atoms with E-state index in [0.717, 1.165) is 35.7 Å². The molecule has 1 saturated carbocycles. The van der Waals surface area contributed by atoms with Crippen LogP contribution in [0, 0.1) is 13.8 Å². The van der Waals surface area contributed by atoms with E-state index in [4.69, 9.17) is 9.72 Å². The lowest BCUT2D eigenvalue weighted by Gasteiger charge is -2.15. The van der Waals surface area contributed by atoms with Crippen LogP contribution in [0.2, 0.25) is 0 Å². The molecule has 0 saturated heterocycles. The Morgan fingerprint density at radius 1 is 1.24 bits per heavy atom. The SMILES string of the molecule is Cc1cc(C)n(Cc2cc(OC3CCCC3)cc(CC(=O)Nc3nccs3)n2)n1. The first-order chi connectivity index (χ1) is 14.0. The van der Waals surface area contributed by atoms with Crippen molar-refractivity contribution in [2.45, 2.75) is 58.6 Å². The van der Waals surface area contributed by atoms with Gasteiger partial charge in [0.25, 0.3) is 0 Å². The molecule has 1 aliphatic rings. The van der Waals surface area contributed by atoms with E-state index < -0.39 is 0 Å². The number of hydrogen-bond donors (Lipinski definition) is 1. The molecular formula is C21H25N5O2S. The first kappa shape index (κ1) is 19.6. The zero-order chi connectivity index (χ0) is 20.2. The number of aryl methyl sites for hydroxylation is 2. The molecule has 152 valence electrons. The fourth-order valence-electron chi connectivity index (χ4n) is 3.66. The van der Waals surface area contributed by atoms with Crippen LogP contribution in [-0.2, 0) is 17.8 Å². The Morgan fingerprint density at radius 2 is 2.03 bits per heavy atom. The average Bonchev–Trinajstić information content (AvgIpc) is 3.39. The van der Waals surface area contributed by atoms with Crippen molar-refractivity contribution in [1.82, 2.24) is 19.7 Å². The summed E-state index contributed by atoms with van der Waals surface area (Å²) < 4.78 is 8.13. The van der Waals surface area contributed by atoms with E-state index in [1.165, 1.54) is 24.2 Å². The summed E-state index contributed by atoms with van der Waals surface area (Å²) in [6, 6.07) is 5.89. The Labute approximate surface area is 174 Å². The molecule has 3 heterocycles. The summed E-state index contributed by atoms with van der Waals surface area (Å²) >= 11 is 1.40. The molecule has 0 atom stereocenters. The second-order valence-corrected chi connectivity index (χ2v) is 8.35. The third-order valence-electron chi connectivity index (χ3n) is 4.95. The van der Waals surface area contributed by atoms with Gasteiger partial charge in [-0.2, -0.15) is 5.10 Å². The van der Waals surface area contributed by atoms with Crippen LogP contribution in [0.4, 0.5) is 5.13 Å². The van der Waals surface area contributed by atoms with Crippen molar-refractivity contribution in [2.75, 3.05) is 5.32 Å². The van der Waals surface area contributed by atoms with E-state index in [-0.39, 0.29) is 18.4 Å². The van der Waals surface area contributed by atoms with Gasteiger partial charge < -0.3 is 10.1 Å². The molecule has 0 aromatic carbocycles. The standard InChI is InChI=1S/C21H25N5O2S/c1-14-9-15(2)26(25-14)13-17-11-19(28-18-5-3-4-6-18)10-16(23-17)12-20(27)24-21-22-7-8-29-21/h7-11,18H,3-6,12-13H2,1-2H3,(H,22,24,27). The smallest absolute Gasteiger partial charge is 0.232 e. The number of nitrogens with one attached hydrogen (secondary N) is 1. The number of carbonyl (C=O) groups is 1. The van der Waals surface area contributed by atoms with Crippen LogP contribution in [0.1, 0.15) is 48.5 Å². The lowest BCUT2D eigenvalue weighted by molar-refractivity contribution is -0.115. The second-order valence-electron chi connectivity index (χ2n) is 7.46. The summed E-state index contributed by atoms with van der Waals surface area (Å²) in [5, 5.41) is 9.77. The van der Waals surface area contributed by atoms with Crippen LogP contribution in [0.5, 0.6) is 5.75 Å². The molecule has 0 aliphatic heterocycles. The Kier molecular flexibility index (Phi) is 5.89. The molecule has 0 unspecified atom stereocenters. The highest BCUT2D eigenvalue weighted by atomic mass is 32.1. The van der Waals surface area contributed by atoms with Crippen LogP contribution in [-0.4, -0.2) is 31.8 Å². The van der Waals surface area contributed by atoms with Gasteiger partial charge in [0.2, 0.25) is 5.91 Å². The first-order valence-electron chi connectivity index (χ1n) is 9.92. The molecule has 3 aromatic rings. The maximum atomic E-state index is 12.4. The Balaban J connectivity index is 1.54. The molecule has 0 spiro atoms. The van der Waals surface area contributed by atoms with Gasteiger partial charge in [-0.3, -0.25) is 14.5 Å². The number of hydrogen-bond acceptors (Lipinski definition) is 6. The summed E-state index contributed by atoms with van der Waals surface area (Å²) in [5.74, 6) is 0.642. The average molecular weight is 412 g/mol. The summed E-state index contributed by atoms with van der Waals surface area (Å²) in [6.07, 6.45) is 6.65. The van der Waals surface area contributed by atoms with Crippen molar-refractivity contribution in [3.05, 3.63) is 52.6 Å². The summed E-state index contributed by atoms with van der Waals surface area (Å²) in [5.41, 5.74) is 3.58. The fourth-order valence-corrected chi connectivity index (χ4v) is 4.20. The number of amides is 1. The molecule has 0 radical (unpaired) electrons. The van der Waals surface area contributed by atoms with Gasteiger partial charge in [-0.25, -0.2) is 4.98 Å². The molecule has 1 aliphatic carbocycles. The molecule has 1 amide bonds. The van der Waals surface area contributed by atoms with Crippen LogP contribution < -0.4 is 10.1 Å². The Bertz CT molecular complexity index is 977. The van der Waals surface area contributed by atoms with E-state index in [9.17, 15) is 4.79 Å². The number of anilines is 1. The topological polar surface area (TPSA) is 81.9 Å². The van der Waals surface area contributed by atoms with Crippen molar-refractivity contribution in [3.63, 3.8) is 0 Å². The number of ether oxygens (including phenoxy) is 1. The second kappa shape index (κ2) is 8.73. The number of aromatic nitrogens is 4. The largest absolute Gasteiger partial charge is 0.490 e. The zero-order valence-corrected chi connectivity index (χ0v) is 17.5. The van der Waals surface area contributed by atoms with E-state index in [1.807, 2.05) is 42.1 Å². The van der Waals surface area contributed by atoms with Crippen molar-refractivity contribution < 1.29 is 9.53 Å². The van der Waals surface area contributed by atoms with Crippen LogP contribution >= 0.6 is 11.3 Å². The third kappa shape index (κ3) is 5.20. The normalized spacial score (nSPS) is 14.3. The lowest BCUT2D eigenvalue weighted by atomic mass is 10.2. The van der Waals surface area contributed by atoms with E-state index in [0.29, 0.717) is 17.4 Å². The predicted molar refractivity (Wildman–Crippen MR) is 112 cm³/mol. The van der Waals surface area contributed by atoms with Crippen molar-refractivity contribution in [2.24, 2.45) is 0 Å². The summed E-state index contributed by atoms with van der Waals surface area (Å²) in [6.45, 7) is 4.55. The molecule has 0 bridgehead atoms. The van der Waals surface area contributed by atoms with E-state index >= 15 is 0 Å². The van der Waals surface area contributed by atoms with E-state index in [2.05, 4.69) is 15.4 Å². The molecule has 7 nitrogen and oxygen atoms in total. The van der Waals surface area contributed by atoms with Crippen molar-refractivity contribution in [3.8, 4) is 5.75 Å². The van der Waals surface area contributed by atoms with E-state index in [1.54, 1.807) is 6.20 Å². The molecule has 29 heavy (non-hydrogen) atoms. The summed E-state index contributed by atoms with van der Waals surface area (Å²) in [7, 11) is 0. The zero-order valence-electron chi connectivity index (χ0n) is 16.7. The number of thiazole rings is 1. The van der Waals surface area contributed by atoms with Gasteiger partial charge in [-0.15, -0.1) is 11.3 Å². The van der Waals surface area contributed by atoms with Gasteiger partial charge in [-0.05, 0) is 45.6 Å². The fraction of sp³-hybridized carbons (Fsp3) is 0.429. The molecule has 8 heteroatoms. The van der Waals surface area contributed by atoms with Crippen molar-refractivity contribution >= 4 is 22.4 Å². The number of carbonyl (C=O) groups excluding carboxylic acids is 1. The van der Waals surface area contributed by atoms with Crippen molar-refractivity contribution in [1.29, 1.82) is 0 Å². The maximum absolute atomic E-state index is 12.4. The number of rotatable bonds is 7. The summed E-state index contributed by atoms with van der Waals surface area (Å²) in [4.78, 5) is 21.2. The van der Waals surface area contributed by atoms with Gasteiger partial charge in [-0.1, -0.05) is 0 Å². The minimum atomic E-state index is -0.137. The van der Waals surface area contributed by atoms with Crippen LogP contribution in [0.3, 0.4) is 0 Å². The highest BCUT2D eigenvalue weighted by Crippen LogP contribution is 2.25. The lowest BCUT2D eigenvalue weighted by Crippen LogP contribution is -2.17. The van der Waals surface area contributed by atoms with Gasteiger partial charge in [0.05, 0.1) is 36.2 Å². The number of pyridine rings is 1. The number of nitrogens with zero attached hydrogens (tertiary/aromatic N) is 4. The molecular weight excluding hydrogens is 386 g/mol. The Hall–Kier alpha value is -2.74. The quantitative estimate of drug-likeness (QED) is 0.638. The van der Waals surface area contributed by atoms with Gasteiger partial charge >= 0.3 is 0 Å². The minimum absolute atomic E-state index is 0.137. The third-order valence-corrected chi connectivity index (χ3v) is 5.63. The van der Waals surface area contributed by atoms with Crippen LogP contribution in [0.25, 0.3) is 0 Å². The van der Waals surface area contributed by atoms with Gasteiger partial charge in [0, 0.05) is 29.4 Å². The molecule has 1 N–H and O–H groups in total. The van der Waals surface area contributed by atoms with Gasteiger partial charge in [0.1, 0.15) is 5.75 Å². The van der Waals surface area contributed by atoms with Crippen LogP contribution in [0.15, 0.2) is 29.8 Å². The minimum Gasteiger partial charge on any atom is -0.490 e. The maximum Gasteiger partial charge on any atom is 0.232 e. The monoisotopic (exact) mass is 411 g/mol. The first-order valence-corrected chi connectivity index (χ1v) is 10.8. The molecule has 1 fully saturated rings. The molecule has 3 aromatic heterocycles. The molecule has 4 rings (SSSR count). The Morgan fingerprint density at radius 3 is 2.72 bits per heavy atom. The predicted octanol–water partition coefficient (Wildman–Crippen LogP) is 3.90. The highest BCUT2D eigenvalue weighted by Gasteiger charge is 2.18. The van der Waals surface area contributed by atoms with Gasteiger partial charge in [0.15, 0.2) is 5.13 Å². The highest BCUT2D eigenvalue weighted by molar-refractivity contribution is 7.13.